The smallest absolute Gasteiger partial charge is 0.0542 e. The van der Waals surface area contributed by atoms with Crippen LogP contribution in [0.2, 0.25) is 0 Å². The summed E-state index contributed by atoms with van der Waals surface area (Å²) in [6, 6.07) is 66.9. The van der Waals surface area contributed by atoms with Crippen molar-refractivity contribution >= 4 is 70.4 Å². The molecule has 10 aromatic rings. The number of thiophene rings is 1. The molecule has 0 bridgehead atoms. The second-order valence-electron chi connectivity index (χ2n) is 13.7. The van der Waals surface area contributed by atoms with Crippen molar-refractivity contribution in [1.29, 1.82) is 0 Å². The molecule has 0 aliphatic heterocycles. The summed E-state index contributed by atoms with van der Waals surface area (Å²) in [4.78, 5) is 2.47. The number of fused-ring (bicyclic) bond motifs is 9. The summed E-state index contributed by atoms with van der Waals surface area (Å²) in [5, 5.41) is 5.16. The normalized spacial score (nSPS) is 12.2. The molecule has 0 unspecified atom stereocenters. The Morgan fingerprint density at radius 1 is 0.442 bits per heavy atom. The first-order valence-corrected chi connectivity index (χ1v) is 18.7. The Balaban J connectivity index is 1.08. The highest BCUT2D eigenvalue weighted by Gasteiger charge is 2.25. The summed E-state index contributed by atoms with van der Waals surface area (Å²) in [5.74, 6) is 0. The third-order valence-corrected chi connectivity index (χ3v) is 12.0. The zero-order valence-corrected chi connectivity index (χ0v) is 29.1. The van der Waals surface area contributed by atoms with Crippen molar-refractivity contribution in [3.8, 4) is 27.9 Å². The lowest BCUT2D eigenvalue weighted by Crippen LogP contribution is -2.12. The average molecular weight is 681 g/mol. The summed E-state index contributed by atoms with van der Waals surface area (Å²) in [7, 11) is 0. The van der Waals surface area contributed by atoms with Crippen molar-refractivity contribution in [3.05, 3.63) is 193 Å². The third kappa shape index (κ3) is 4.50. The molecule has 52 heavy (non-hydrogen) atoms. The van der Waals surface area contributed by atoms with Gasteiger partial charge in [-0.15, -0.1) is 11.3 Å². The topological polar surface area (TPSA) is 8.17 Å². The molecule has 8 aromatic carbocycles. The van der Waals surface area contributed by atoms with Gasteiger partial charge in [0.25, 0.3) is 0 Å². The van der Waals surface area contributed by atoms with Crippen LogP contribution in [0.25, 0.3) is 69.9 Å². The Bertz CT molecular complexity index is 2990. The molecule has 1 aliphatic carbocycles. The summed E-state index contributed by atoms with van der Waals surface area (Å²) >= 11 is 1.87. The van der Waals surface area contributed by atoms with Gasteiger partial charge < -0.3 is 9.47 Å². The van der Waals surface area contributed by atoms with Crippen LogP contribution < -0.4 is 4.90 Å². The Kier molecular flexibility index (Phi) is 6.52. The van der Waals surface area contributed by atoms with Gasteiger partial charge in [-0.1, -0.05) is 115 Å². The molecular formula is C49H32N2S. The molecule has 0 saturated heterocycles. The van der Waals surface area contributed by atoms with Crippen molar-refractivity contribution in [3.63, 3.8) is 0 Å². The maximum absolute atomic E-state index is 2.47. The highest BCUT2D eigenvalue weighted by molar-refractivity contribution is 7.25. The van der Waals surface area contributed by atoms with Gasteiger partial charge in [-0.3, -0.25) is 0 Å². The molecule has 0 amide bonds. The number of anilines is 3. The number of nitrogens with zero attached hydrogens (tertiary/aromatic N) is 2. The number of aromatic nitrogens is 1. The van der Waals surface area contributed by atoms with Crippen molar-refractivity contribution in [1.82, 2.24) is 4.57 Å². The molecule has 1 aliphatic rings. The van der Waals surface area contributed by atoms with Gasteiger partial charge in [-0.05, 0) is 100 Å². The molecule has 0 spiro atoms. The number of benzene rings is 8. The van der Waals surface area contributed by atoms with E-state index in [1.54, 1.807) is 0 Å². The Morgan fingerprint density at radius 3 is 2.04 bits per heavy atom. The van der Waals surface area contributed by atoms with Gasteiger partial charge in [-0.25, -0.2) is 0 Å². The van der Waals surface area contributed by atoms with Crippen LogP contribution in [0, 0.1) is 0 Å². The summed E-state index contributed by atoms with van der Waals surface area (Å²) in [5.41, 5.74) is 15.0. The van der Waals surface area contributed by atoms with E-state index in [0.717, 1.165) is 17.8 Å². The lowest BCUT2D eigenvalue weighted by atomic mass is 10.0. The molecular weight excluding hydrogens is 649 g/mol. The quantitative estimate of drug-likeness (QED) is 0.176. The zero-order chi connectivity index (χ0) is 34.2. The van der Waals surface area contributed by atoms with Crippen LogP contribution >= 0.6 is 11.3 Å². The van der Waals surface area contributed by atoms with E-state index in [4.69, 9.17) is 0 Å². The number of para-hydroxylation sites is 2. The minimum Gasteiger partial charge on any atom is -0.310 e. The van der Waals surface area contributed by atoms with E-state index in [1.165, 1.54) is 86.7 Å². The maximum Gasteiger partial charge on any atom is 0.0542 e. The fourth-order valence-corrected chi connectivity index (χ4v) is 9.59. The van der Waals surface area contributed by atoms with Gasteiger partial charge in [0.05, 0.1) is 16.7 Å². The molecule has 0 fully saturated rings. The van der Waals surface area contributed by atoms with Crippen LogP contribution in [0.15, 0.2) is 182 Å². The zero-order valence-electron chi connectivity index (χ0n) is 28.3. The first kappa shape index (κ1) is 29.3. The molecule has 2 heterocycles. The Hall–Kier alpha value is -6.42. The van der Waals surface area contributed by atoms with E-state index in [-0.39, 0.29) is 0 Å². The molecule has 244 valence electrons. The molecule has 0 radical (unpaired) electrons. The van der Waals surface area contributed by atoms with Gasteiger partial charge in [0.2, 0.25) is 0 Å². The van der Waals surface area contributed by atoms with E-state index >= 15 is 0 Å². The first-order chi connectivity index (χ1) is 25.8. The molecule has 0 N–H and O–H groups in total. The average Bonchev–Trinajstić information content (AvgIpc) is 3.88. The van der Waals surface area contributed by atoms with E-state index in [0.29, 0.717) is 0 Å². The summed E-state index contributed by atoms with van der Waals surface area (Å²) < 4.78 is 5.05. The Labute approximate surface area is 306 Å². The third-order valence-electron chi connectivity index (χ3n) is 10.8. The molecule has 3 heteroatoms. The van der Waals surface area contributed by atoms with Crippen LogP contribution in [-0.2, 0) is 6.42 Å². The van der Waals surface area contributed by atoms with Crippen molar-refractivity contribution in [2.45, 2.75) is 6.42 Å². The van der Waals surface area contributed by atoms with E-state index < -0.39 is 0 Å². The van der Waals surface area contributed by atoms with Gasteiger partial charge >= 0.3 is 0 Å². The fourth-order valence-electron chi connectivity index (χ4n) is 8.44. The van der Waals surface area contributed by atoms with Crippen molar-refractivity contribution in [2.75, 3.05) is 4.90 Å². The minimum absolute atomic E-state index is 0.918. The Morgan fingerprint density at radius 2 is 1.13 bits per heavy atom. The van der Waals surface area contributed by atoms with Gasteiger partial charge in [0, 0.05) is 54.4 Å². The monoisotopic (exact) mass is 680 g/mol. The first-order valence-electron chi connectivity index (χ1n) is 17.9. The molecule has 0 atom stereocenters. The van der Waals surface area contributed by atoms with E-state index in [9.17, 15) is 0 Å². The van der Waals surface area contributed by atoms with E-state index in [1.807, 2.05) is 11.3 Å². The lowest BCUT2D eigenvalue weighted by molar-refractivity contribution is 1.18. The lowest BCUT2D eigenvalue weighted by Gasteiger charge is -2.28. The van der Waals surface area contributed by atoms with Crippen molar-refractivity contribution < 1.29 is 0 Å². The van der Waals surface area contributed by atoms with Crippen LogP contribution in [0.4, 0.5) is 17.1 Å². The minimum atomic E-state index is 0.918. The fraction of sp³-hybridized carbons (Fsp3) is 0.0204. The van der Waals surface area contributed by atoms with Crippen LogP contribution in [0.3, 0.4) is 0 Å². The van der Waals surface area contributed by atoms with Gasteiger partial charge in [0.15, 0.2) is 0 Å². The van der Waals surface area contributed by atoms with Gasteiger partial charge in [0.1, 0.15) is 0 Å². The predicted molar refractivity (Wildman–Crippen MR) is 222 cm³/mol. The van der Waals surface area contributed by atoms with Gasteiger partial charge in [-0.2, -0.15) is 0 Å². The summed E-state index contributed by atoms with van der Waals surface area (Å²) in [6.45, 7) is 0. The van der Waals surface area contributed by atoms with Crippen molar-refractivity contribution in [2.24, 2.45) is 0 Å². The second kappa shape index (κ2) is 11.6. The number of rotatable bonds is 5. The number of hydrogen-bond donors (Lipinski definition) is 0. The molecule has 11 rings (SSSR count). The highest BCUT2D eigenvalue weighted by atomic mass is 32.1. The van der Waals surface area contributed by atoms with Crippen LogP contribution in [-0.4, -0.2) is 4.57 Å². The predicted octanol–water partition coefficient (Wildman–Crippen LogP) is 13.9. The standard InChI is InChI=1S/C49H32N2S/c1-2-12-35(13-3-1)51-45-18-8-6-15-40(45)44-31-37(26-28-47(44)51)50(46-19-10-17-39-38-14-5-4-11-34(38)29-43(39)46)36-24-21-32(22-25-36)33-23-27-42-41-16-7-9-20-48(41)52-49(42)30-33/h1-28,30-31H,29H2. The van der Waals surface area contributed by atoms with Crippen LogP contribution in [0.1, 0.15) is 11.1 Å². The maximum atomic E-state index is 2.47. The van der Waals surface area contributed by atoms with Crippen LogP contribution in [0.5, 0.6) is 0 Å². The molecule has 2 aromatic heterocycles. The second-order valence-corrected chi connectivity index (χ2v) is 14.8. The SMILES string of the molecule is c1ccc(-n2c3ccccc3c3cc(N(c4ccc(-c5ccc6c(c5)sc5ccccc56)cc4)c4cccc5c4Cc4ccccc4-5)ccc32)cc1. The highest BCUT2D eigenvalue weighted by Crippen LogP contribution is 2.47. The largest absolute Gasteiger partial charge is 0.310 e. The van der Waals surface area contributed by atoms with E-state index in [2.05, 4.69) is 191 Å². The molecule has 0 saturated carbocycles. The summed E-state index contributed by atoms with van der Waals surface area (Å²) in [6.07, 6.45) is 0.918. The number of hydrogen-bond acceptors (Lipinski definition) is 2. The molecule has 2 nitrogen and oxygen atoms in total.